The molecule has 0 saturated heterocycles. The van der Waals surface area contributed by atoms with Gasteiger partial charge in [0.05, 0.1) is 11.9 Å². The number of nitrogens with zero attached hydrogens (tertiary/aromatic N) is 2. The van der Waals surface area contributed by atoms with Gasteiger partial charge < -0.3 is 10.2 Å². The highest BCUT2D eigenvalue weighted by Crippen LogP contribution is 2.22. The SMILES string of the molecule is CCc1ccc(N(CCCC(=O)N(Cc2ccc(C)cc2)[C@H](CC)C(=O)NC2CCCCC2)S(C)(=O)=O)cc1. The van der Waals surface area contributed by atoms with E-state index >= 15 is 0 Å². The minimum atomic E-state index is -3.51. The number of anilines is 1. The molecular formula is C31H45N3O4S. The Balaban J connectivity index is 1.74. The van der Waals surface area contributed by atoms with E-state index in [-0.39, 0.29) is 30.8 Å². The van der Waals surface area contributed by atoms with Crippen molar-refractivity contribution < 1.29 is 18.0 Å². The number of sulfonamides is 1. The first-order chi connectivity index (χ1) is 18.6. The summed E-state index contributed by atoms with van der Waals surface area (Å²) in [6.45, 7) is 6.54. The van der Waals surface area contributed by atoms with Gasteiger partial charge in [-0.25, -0.2) is 8.42 Å². The Kier molecular flexibility index (Phi) is 11.4. The summed E-state index contributed by atoms with van der Waals surface area (Å²) in [7, 11) is -3.51. The Hall–Kier alpha value is -2.87. The number of carbonyl (C=O) groups excluding carboxylic acids is 2. The maximum atomic E-state index is 13.6. The molecule has 2 aromatic rings. The highest BCUT2D eigenvalue weighted by molar-refractivity contribution is 7.92. The molecule has 1 saturated carbocycles. The largest absolute Gasteiger partial charge is 0.352 e. The predicted octanol–water partition coefficient (Wildman–Crippen LogP) is 5.36. The average Bonchev–Trinajstić information content (AvgIpc) is 2.92. The molecule has 1 N–H and O–H groups in total. The van der Waals surface area contributed by atoms with Gasteiger partial charge in [-0.3, -0.25) is 13.9 Å². The van der Waals surface area contributed by atoms with E-state index in [1.807, 2.05) is 62.4 Å². The minimum absolute atomic E-state index is 0.0985. The van der Waals surface area contributed by atoms with Crippen molar-refractivity contribution in [1.82, 2.24) is 10.2 Å². The minimum Gasteiger partial charge on any atom is -0.352 e. The van der Waals surface area contributed by atoms with Crippen molar-refractivity contribution in [3.05, 3.63) is 65.2 Å². The van der Waals surface area contributed by atoms with Crippen LogP contribution in [0.25, 0.3) is 0 Å². The van der Waals surface area contributed by atoms with Crippen LogP contribution < -0.4 is 9.62 Å². The first kappa shape index (κ1) is 30.7. The van der Waals surface area contributed by atoms with Crippen LogP contribution >= 0.6 is 0 Å². The van der Waals surface area contributed by atoms with Crippen LogP contribution in [0.1, 0.15) is 81.9 Å². The van der Waals surface area contributed by atoms with E-state index in [1.54, 1.807) is 4.90 Å². The van der Waals surface area contributed by atoms with Crippen molar-refractivity contribution >= 4 is 27.5 Å². The van der Waals surface area contributed by atoms with Crippen molar-refractivity contribution in [3.8, 4) is 0 Å². The first-order valence-electron chi connectivity index (χ1n) is 14.3. The molecule has 0 aromatic heterocycles. The highest BCUT2D eigenvalue weighted by atomic mass is 32.2. The molecule has 0 unspecified atom stereocenters. The molecule has 2 amide bonds. The van der Waals surface area contributed by atoms with Gasteiger partial charge in [-0.15, -0.1) is 0 Å². The summed E-state index contributed by atoms with van der Waals surface area (Å²) in [5.74, 6) is -0.241. The van der Waals surface area contributed by atoms with E-state index in [0.717, 1.165) is 48.8 Å². The quantitative estimate of drug-likeness (QED) is 0.361. The van der Waals surface area contributed by atoms with Gasteiger partial charge in [-0.1, -0.05) is 75.1 Å². The number of nitrogens with one attached hydrogen (secondary N) is 1. The topological polar surface area (TPSA) is 86.8 Å². The third kappa shape index (κ3) is 9.09. The number of amides is 2. The fourth-order valence-corrected chi connectivity index (χ4v) is 6.22. The lowest BCUT2D eigenvalue weighted by Gasteiger charge is -2.33. The van der Waals surface area contributed by atoms with E-state index in [0.29, 0.717) is 25.1 Å². The third-order valence-corrected chi connectivity index (χ3v) is 8.79. The fraction of sp³-hybridized carbons (Fsp3) is 0.548. The van der Waals surface area contributed by atoms with Gasteiger partial charge in [-0.05, 0) is 62.3 Å². The second-order valence-corrected chi connectivity index (χ2v) is 12.6. The van der Waals surface area contributed by atoms with Crippen molar-refractivity contribution in [3.63, 3.8) is 0 Å². The summed E-state index contributed by atoms with van der Waals surface area (Å²) >= 11 is 0. The Morgan fingerprint density at radius 3 is 2.13 bits per heavy atom. The molecule has 8 heteroatoms. The molecule has 7 nitrogen and oxygen atoms in total. The Morgan fingerprint density at radius 2 is 1.56 bits per heavy atom. The smallest absolute Gasteiger partial charge is 0.243 e. The van der Waals surface area contributed by atoms with Crippen molar-refractivity contribution in [2.45, 2.75) is 97.2 Å². The molecule has 0 aliphatic heterocycles. The van der Waals surface area contributed by atoms with Crippen molar-refractivity contribution in [2.24, 2.45) is 0 Å². The molecule has 3 rings (SSSR count). The molecule has 39 heavy (non-hydrogen) atoms. The summed E-state index contributed by atoms with van der Waals surface area (Å²) in [4.78, 5) is 28.7. The second-order valence-electron chi connectivity index (χ2n) is 10.7. The van der Waals surface area contributed by atoms with Gasteiger partial charge >= 0.3 is 0 Å². The molecule has 1 aliphatic carbocycles. The third-order valence-electron chi connectivity index (χ3n) is 7.60. The van der Waals surface area contributed by atoms with E-state index in [4.69, 9.17) is 0 Å². The van der Waals surface area contributed by atoms with Crippen LogP contribution in [0.15, 0.2) is 48.5 Å². The number of hydrogen-bond donors (Lipinski definition) is 1. The first-order valence-corrected chi connectivity index (χ1v) is 16.2. The van der Waals surface area contributed by atoms with Crippen LogP contribution in [0.5, 0.6) is 0 Å². The Bertz CT molecular complexity index is 1170. The summed E-state index contributed by atoms with van der Waals surface area (Å²) in [5.41, 5.74) is 3.82. The second kappa shape index (κ2) is 14.5. The molecule has 1 aliphatic rings. The van der Waals surface area contributed by atoms with Crippen LogP contribution in [0.4, 0.5) is 5.69 Å². The van der Waals surface area contributed by atoms with Gasteiger partial charge in [0, 0.05) is 25.6 Å². The number of aryl methyl sites for hydroxylation is 2. The number of carbonyl (C=O) groups is 2. The molecule has 1 fully saturated rings. The molecule has 0 heterocycles. The van der Waals surface area contributed by atoms with Gasteiger partial charge in [0.25, 0.3) is 0 Å². The standard InChI is InChI=1S/C31H45N3O4S/c1-5-25-18-20-28(21-19-25)34(39(4,37)38)22-10-13-30(35)33(23-26-16-14-24(3)15-17-26)29(6-2)31(36)32-27-11-8-7-9-12-27/h14-21,27,29H,5-13,22-23H2,1-4H3,(H,32,36)/t29-/m1/s1. The predicted molar refractivity (Wildman–Crippen MR) is 158 cm³/mol. The molecule has 1 atom stereocenters. The molecule has 214 valence electrons. The van der Waals surface area contributed by atoms with Gasteiger partial charge in [0.15, 0.2) is 0 Å². The molecule has 0 spiro atoms. The summed E-state index contributed by atoms with van der Waals surface area (Å²) < 4.78 is 26.5. The zero-order chi connectivity index (χ0) is 28.4. The maximum absolute atomic E-state index is 13.6. The van der Waals surface area contributed by atoms with Gasteiger partial charge in [0.1, 0.15) is 6.04 Å². The molecule has 0 radical (unpaired) electrons. The van der Waals surface area contributed by atoms with Crippen LogP contribution in [-0.4, -0.2) is 50.0 Å². The number of benzene rings is 2. The lowest BCUT2D eigenvalue weighted by atomic mass is 9.95. The van der Waals surface area contributed by atoms with Crippen LogP contribution in [0.2, 0.25) is 0 Å². The number of hydrogen-bond acceptors (Lipinski definition) is 4. The molecule has 0 bridgehead atoms. The lowest BCUT2D eigenvalue weighted by Crippen LogP contribution is -2.51. The van der Waals surface area contributed by atoms with Crippen LogP contribution in [0, 0.1) is 6.92 Å². The number of rotatable bonds is 13. The van der Waals surface area contributed by atoms with E-state index in [1.165, 1.54) is 17.0 Å². The fourth-order valence-electron chi connectivity index (χ4n) is 5.26. The monoisotopic (exact) mass is 555 g/mol. The Labute approximate surface area is 235 Å². The maximum Gasteiger partial charge on any atom is 0.243 e. The van der Waals surface area contributed by atoms with E-state index in [9.17, 15) is 18.0 Å². The van der Waals surface area contributed by atoms with Crippen molar-refractivity contribution in [1.29, 1.82) is 0 Å². The van der Waals surface area contributed by atoms with Gasteiger partial charge in [0.2, 0.25) is 21.8 Å². The van der Waals surface area contributed by atoms with E-state index in [2.05, 4.69) is 12.2 Å². The normalized spacial score (nSPS) is 15.0. The zero-order valence-electron chi connectivity index (χ0n) is 24.0. The summed E-state index contributed by atoms with van der Waals surface area (Å²) in [6, 6.07) is 15.1. The zero-order valence-corrected chi connectivity index (χ0v) is 24.8. The Morgan fingerprint density at radius 1 is 0.949 bits per heavy atom. The van der Waals surface area contributed by atoms with Crippen LogP contribution in [0.3, 0.4) is 0 Å². The lowest BCUT2D eigenvalue weighted by molar-refractivity contribution is -0.141. The highest BCUT2D eigenvalue weighted by Gasteiger charge is 2.30. The summed E-state index contributed by atoms with van der Waals surface area (Å²) in [5, 5.41) is 3.20. The van der Waals surface area contributed by atoms with Gasteiger partial charge in [-0.2, -0.15) is 0 Å². The van der Waals surface area contributed by atoms with Crippen LogP contribution in [-0.2, 0) is 32.6 Å². The average molecular weight is 556 g/mol. The molecule has 2 aromatic carbocycles. The summed E-state index contributed by atoms with van der Waals surface area (Å²) in [6.07, 6.45) is 8.47. The van der Waals surface area contributed by atoms with Crippen molar-refractivity contribution in [2.75, 3.05) is 17.1 Å². The molecular weight excluding hydrogens is 510 g/mol. The van der Waals surface area contributed by atoms with E-state index < -0.39 is 16.1 Å².